The van der Waals surface area contributed by atoms with Gasteiger partial charge in [-0.25, -0.2) is 4.98 Å². The van der Waals surface area contributed by atoms with Gasteiger partial charge < -0.3 is 14.6 Å². The zero-order valence-electron chi connectivity index (χ0n) is 17.7. The Hall–Kier alpha value is -3.93. The van der Waals surface area contributed by atoms with Crippen molar-refractivity contribution in [1.82, 2.24) is 14.5 Å². The summed E-state index contributed by atoms with van der Waals surface area (Å²) in [4.78, 5) is 21.4. The Morgan fingerprint density at radius 2 is 1.94 bits per heavy atom. The van der Waals surface area contributed by atoms with Crippen LogP contribution in [0.1, 0.15) is 34.5 Å². The maximum Gasteiger partial charge on any atom is 0.255 e. The van der Waals surface area contributed by atoms with Crippen LogP contribution >= 0.6 is 0 Å². The van der Waals surface area contributed by atoms with Crippen molar-refractivity contribution in [2.45, 2.75) is 32.4 Å². The number of anilines is 1. The number of carbonyl (C=O) groups is 1. The first kappa shape index (κ1) is 20.0. The van der Waals surface area contributed by atoms with E-state index in [1.54, 1.807) is 24.5 Å². The zero-order valence-corrected chi connectivity index (χ0v) is 17.7. The summed E-state index contributed by atoms with van der Waals surface area (Å²) in [6.07, 6.45) is 8.98. The fraction of sp³-hybridized carbons (Fsp3) is 0.192. The lowest BCUT2D eigenvalue weighted by molar-refractivity contribution is 0.102. The van der Waals surface area contributed by atoms with Gasteiger partial charge in [0.2, 0.25) is 0 Å². The third-order valence-electron chi connectivity index (χ3n) is 5.63. The predicted molar refractivity (Wildman–Crippen MR) is 124 cm³/mol. The molecule has 1 aliphatic rings. The molecule has 6 nitrogen and oxygen atoms in total. The van der Waals surface area contributed by atoms with Crippen LogP contribution in [0.15, 0.2) is 79.3 Å². The van der Waals surface area contributed by atoms with Crippen molar-refractivity contribution in [2.24, 2.45) is 0 Å². The molecule has 3 heterocycles. The molecule has 1 N–H and O–H groups in total. The lowest BCUT2D eigenvalue weighted by Gasteiger charge is -2.16. The van der Waals surface area contributed by atoms with Crippen molar-refractivity contribution in [1.29, 1.82) is 0 Å². The summed E-state index contributed by atoms with van der Waals surface area (Å²) in [6, 6.07) is 18.8. The van der Waals surface area contributed by atoms with E-state index in [4.69, 9.17) is 4.74 Å². The predicted octanol–water partition coefficient (Wildman–Crippen LogP) is 5.11. The topological polar surface area (TPSA) is 69.0 Å². The van der Waals surface area contributed by atoms with Gasteiger partial charge in [-0.3, -0.25) is 9.78 Å². The Bertz CT molecular complexity index is 1220. The number of aryl methyl sites for hydroxylation is 1. The van der Waals surface area contributed by atoms with E-state index in [-0.39, 0.29) is 5.91 Å². The lowest BCUT2D eigenvalue weighted by Crippen LogP contribution is -2.12. The SMILES string of the molecule is O=C(Nc1ccc(-c2ncc3n2CCCC3)cc1)c1cccc(OCc2cccnc2)c1. The molecule has 0 saturated heterocycles. The van der Waals surface area contributed by atoms with Crippen LogP contribution in [0.5, 0.6) is 5.75 Å². The van der Waals surface area contributed by atoms with Crippen molar-refractivity contribution in [3.8, 4) is 17.1 Å². The third kappa shape index (κ3) is 4.39. The van der Waals surface area contributed by atoms with Crippen molar-refractivity contribution in [3.63, 3.8) is 0 Å². The Kier molecular flexibility index (Phi) is 5.66. The molecule has 1 aliphatic heterocycles. The molecule has 0 fully saturated rings. The first-order valence-electron chi connectivity index (χ1n) is 10.8. The number of nitrogens with one attached hydrogen (secondary N) is 1. The number of ether oxygens (including phenoxy) is 1. The van der Waals surface area contributed by atoms with E-state index in [0.717, 1.165) is 35.6 Å². The van der Waals surface area contributed by atoms with Gasteiger partial charge in [0.25, 0.3) is 5.91 Å². The molecule has 160 valence electrons. The van der Waals surface area contributed by atoms with Gasteiger partial charge in [0.1, 0.15) is 18.2 Å². The van der Waals surface area contributed by atoms with Crippen LogP contribution in [-0.2, 0) is 19.6 Å². The number of carbonyl (C=O) groups excluding carboxylic acids is 1. The first-order chi connectivity index (χ1) is 15.8. The molecule has 0 spiro atoms. The van der Waals surface area contributed by atoms with Gasteiger partial charge in [-0.05, 0) is 67.8 Å². The van der Waals surface area contributed by atoms with Crippen molar-refractivity contribution in [3.05, 3.63) is 96.1 Å². The molecule has 5 rings (SSSR count). The van der Waals surface area contributed by atoms with E-state index in [9.17, 15) is 4.79 Å². The van der Waals surface area contributed by atoms with Gasteiger partial charge in [0.15, 0.2) is 0 Å². The third-order valence-corrected chi connectivity index (χ3v) is 5.63. The van der Waals surface area contributed by atoms with E-state index in [1.807, 2.05) is 54.7 Å². The van der Waals surface area contributed by atoms with Gasteiger partial charge >= 0.3 is 0 Å². The summed E-state index contributed by atoms with van der Waals surface area (Å²) >= 11 is 0. The summed E-state index contributed by atoms with van der Waals surface area (Å²) in [7, 11) is 0. The largest absolute Gasteiger partial charge is 0.489 e. The molecule has 0 atom stereocenters. The molecule has 0 unspecified atom stereocenters. The van der Waals surface area contributed by atoms with Gasteiger partial charge in [-0.1, -0.05) is 12.1 Å². The second-order valence-corrected chi connectivity index (χ2v) is 7.89. The molecule has 0 saturated carbocycles. The standard InChI is InChI=1S/C26H24N4O2/c31-26(21-6-3-8-24(15-21)32-18-19-5-4-13-27-16-19)29-22-11-9-20(10-12-22)25-28-17-23-7-1-2-14-30(23)25/h3-6,8-13,15-17H,1-2,7,14,18H2,(H,29,31). The highest BCUT2D eigenvalue weighted by Crippen LogP contribution is 2.26. The van der Waals surface area contributed by atoms with Crippen LogP contribution in [-0.4, -0.2) is 20.4 Å². The summed E-state index contributed by atoms with van der Waals surface area (Å²) < 4.78 is 8.11. The average molecular weight is 425 g/mol. The Morgan fingerprint density at radius 3 is 2.78 bits per heavy atom. The van der Waals surface area contributed by atoms with Crippen LogP contribution in [0.3, 0.4) is 0 Å². The maximum atomic E-state index is 12.8. The van der Waals surface area contributed by atoms with Crippen molar-refractivity contribution >= 4 is 11.6 Å². The molecular formula is C26H24N4O2. The van der Waals surface area contributed by atoms with Crippen LogP contribution in [0, 0.1) is 0 Å². The minimum Gasteiger partial charge on any atom is -0.489 e. The Labute approximate surface area is 186 Å². The number of hydrogen-bond acceptors (Lipinski definition) is 4. The van der Waals surface area contributed by atoms with Crippen LogP contribution in [0.4, 0.5) is 5.69 Å². The number of nitrogens with zero attached hydrogens (tertiary/aromatic N) is 3. The highest BCUT2D eigenvalue weighted by Gasteiger charge is 2.15. The van der Waals surface area contributed by atoms with E-state index in [2.05, 4.69) is 19.9 Å². The Morgan fingerprint density at radius 1 is 1.03 bits per heavy atom. The highest BCUT2D eigenvalue weighted by molar-refractivity contribution is 6.04. The quantitative estimate of drug-likeness (QED) is 0.467. The van der Waals surface area contributed by atoms with Gasteiger partial charge in [-0.2, -0.15) is 0 Å². The number of benzene rings is 2. The number of rotatable bonds is 6. The highest BCUT2D eigenvalue weighted by atomic mass is 16.5. The molecule has 0 bridgehead atoms. The maximum absolute atomic E-state index is 12.8. The molecule has 4 aromatic rings. The van der Waals surface area contributed by atoms with E-state index in [1.165, 1.54) is 18.5 Å². The molecule has 2 aromatic carbocycles. The molecular weight excluding hydrogens is 400 g/mol. The molecule has 0 radical (unpaired) electrons. The first-order valence-corrected chi connectivity index (χ1v) is 10.8. The molecule has 1 amide bonds. The molecule has 0 aliphatic carbocycles. The number of aromatic nitrogens is 3. The van der Waals surface area contributed by atoms with Gasteiger partial charge in [0, 0.05) is 53.2 Å². The second kappa shape index (κ2) is 9.06. The lowest BCUT2D eigenvalue weighted by atomic mass is 10.1. The van der Waals surface area contributed by atoms with Gasteiger partial charge in [-0.15, -0.1) is 0 Å². The zero-order chi connectivity index (χ0) is 21.8. The minimum atomic E-state index is -0.178. The number of fused-ring (bicyclic) bond motifs is 1. The number of pyridine rings is 1. The van der Waals surface area contributed by atoms with Crippen LogP contribution in [0.25, 0.3) is 11.4 Å². The van der Waals surface area contributed by atoms with Crippen LogP contribution < -0.4 is 10.1 Å². The number of imidazole rings is 1. The fourth-order valence-electron chi connectivity index (χ4n) is 3.95. The fourth-order valence-corrected chi connectivity index (χ4v) is 3.95. The number of hydrogen-bond donors (Lipinski definition) is 1. The summed E-state index contributed by atoms with van der Waals surface area (Å²) in [5.41, 5.74) is 4.61. The Balaban J connectivity index is 1.24. The minimum absolute atomic E-state index is 0.178. The van der Waals surface area contributed by atoms with E-state index in [0.29, 0.717) is 17.9 Å². The molecule has 6 heteroatoms. The molecule has 2 aromatic heterocycles. The summed E-state index contributed by atoms with van der Waals surface area (Å²) in [6.45, 7) is 1.42. The monoisotopic (exact) mass is 424 g/mol. The van der Waals surface area contributed by atoms with E-state index < -0.39 is 0 Å². The molecule has 32 heavy (non-hydrogen) atoms. The van der Waals surface area contributed by atoms with Crippen molar-refractivity contribution in [2.75, 3.05) is 5.32 Å². The second-order valence-electron chi connectivity index (χ2n) is 7.89. The summed E-state index contributed by atoms with van der Waals surface area (Å²) in [5.74, 6) is 1.46. The smallest absolute Gasteiger partial charge is 0.255 e. The number of amides is 1. The van der Waals surface area contributed by atoms with Crippen molar-refractivity contribution < 1.29 is 9.53 Å². The van der Waals surface area contributed by atoms with Crippen LogP contribution in [0.2, 0.25) is 0 Å². The normalized spacial score (nSPS) is 12.8. The average Bonchev–Trinajstić information content (AvgIpc) is 3.28. The summed E-state index contributed by atoms with van der Waals surface area (Å²) in [5, 5.41) is 2.96. The van der Waals surface area contributed by atoms with Gasteiger partial charge in [0.05, 0.1) is 0 Å². The van der Waals surface area contributed by atoms with E-state index >= 15 is 0 Å².